The Kier molecular flexibility index (Phi) is 8.86. The van der Waals surface area contributed by atoms with E-state index in [1.807, 2.05) is 19.1 Å². The van der Waals surface area contributed by atoms with Gasteiger partial charge >= 0.3 is 5.97 Å². The van der Waals surface area contributed by atoms with Crippen LogP contribution in [0.5, 0.6) is 0 Å². The standard InChI is InChI=1S/C20H24Cl2N2O4S/c1-3-29-15-6-4-13(17(21)18(15)22)5-7-16(25)24-10-8-14(9-11-24)19(26)23-12(2)20(27)28/h4-7,12,14H,3,8-11H2,1-2H3,(H,23,26)(H,27,28). The van der Waals surface area contributed by atoms with E-state index < -0.39 is 12.0 Å². The second-order valence-corrected chi connectivity index (χ2v) is 8.78. The van der Waals surface area contributed by atoms with Crippen molar-refractivity contribution in [1.29, 1.82) is 0 Å². The third-order valence-corrected chi connectivity index (χ3v) is 6.64. The van der Waals surface area contributed by atoms with Crippen molar-refractivity contribution >= 4 is 58.8 Å². The zero-order valence-electron chi connectivity index (χ0n) is 16.3. The van der Waals surface area contributed by atoms with Crippen molar-refractivity contribution in [2.24, 2.45) is 5.92 Å². The highest BCUT2D eigenvalue weighted by Gasteiger charge is 2.28. The van der Waals surface area contributed by atoms with Gasteiger partial charge in [-0.3, -0.25) is 14.4 Å². The van der Waals surface area contributed by atoms with Crippen molar-refractivity contribution in [3.63, 3.8) is 0 Å². The molecule has 2 N–H and O–H groups in total. The molecule has 1 aliphatic rings. The molecule has 6 nitrogen and oxygen atoms in total. The van der Waals surface area contributed by atoms with Crippen molar-refractivity contribution in [1.82, 2.24) is 10.2 Å². The summed E-state index contributed by atoms with van der Waals surface area (Å²) in [7, 11) is 0. The number of thioether (sulfide) groups is 1. The number of likely N-dealkylation sites (tertiary alicyclic amines) is 1. The van der Waals surface area contributed by atoms with Crippen LogP contribution in [0.15, 0.2) is 23.1 Å². The first kappa shape index (κ1) is 23.6. The Balaban J connectivity index is 1.92. The van der Waals surface area contributed by atoms with E-state index in [4.69, 9.17) is 28.3 Å². The number of amides is 2. The second-order valence-electron chi connectivity index (χ2n) is 6.72. The summed E-state index contributed by atoms with van der Waals surface area (Å²) in [6.07, 6.45) is 4.09. The predicted molar refractivity (Wildman–Crippen MR) is 116 cm³/mol. The summed E-state index contributed by atoms with van der Waals surface area (Å²) in [6.45, 7) is 4.32. The number of carbonyl (C=O) groups is 3. The molecule has 1 saturated heterocycles. The van der Waals surface area contributed by atoms with Gasteiger partial charge < -0.3 is 15.3 Å². The van der Waals surface area contributed by atoms with Gasteiger partial charge in [-0.1, -0.05) is 36.2 Å². The molecule has 2 amide bonds. The lowest BCUT2D eigenvalue weighted by Gasteiger charge is -2.31. The van der Waals surface area contributed by atoms with Crippen LogP contribution in [0.25, 0.3) is 6.08 Å². The maximum Gasteiger partial charge on any atom is 0.325 e. The van der Waals surface area contributed by atoms with E-state index in [1.54, 1.807) is 22.7 Å². The van der Waals surface area contributed by atoms with E-state index in [9.17, 15) is 14.4 Å². The molecule has 9 heteroatoms. The van der Waals surface area contributed by atoms with Crippen molar-refractivity contribution in [2.45, 2.75) is 37.6 Å². The van der Waals surface area contributed by atoms with Gasteiger partial charge in [-0.25, -0.2) is 0 Å². The van der Waals surface area contributed by atoms with Gasteiger partial charge in [0.1, 0.15) is 6.04 Å². The minimum atomic E-state index is -1.07. The lowest BCUT2D eigenvalue weighted by atomic mass is 9.95. The van der Waals surface area contributed by atoms with E-state index >= 15 is 0 Å². The summed E-state index contributed by atoms with van der Waals surface area (Å²) in [5.74, 6) is -0.929. The lowest BCUT2D eigenvalue weighted by Crippen LogP contribution is -2.46. The minimum absolute atomic E-state index is 0.165. The Hall–Kier alpha value is -1.70. The fraction of sp³-hybridized carbons (Fsp3) is 0.450. The number of nitrogens with one attached hydrogen (secondary N) is 1. The fourth-order valence-electron chi connectivity index (χ4n) is 2.96. The van der Waals surface area contributed by atoms with E-state index in [0.29, 0.717) is 41.5 Å². The normalized spacial score (nSPS) is 16.1. The summed E-state index contributed by atoms with van der Waals surface area (Å²) in [6, 6.07) is 2.79. The number of piperidine rings is 1. The molecule has 0 spiro atoms. The van der Waals surface area contributed by atoms with Gasteiger partial charge in [-0.05, 0) is 43.2 Å². The number of benzene rings is 1. The third-order valence-electron chi connectivity index (χ3n) is 4.69. The molecule has 0 aromatic heterocycles. The Labute approximate surface area is 184 Å². The molecule has 1 aromatic carbocycles. The summed E-state index contributed by atoms with van der Waals surface area (Å²) in [5.41, 5.74) is 0.669. The predicted octanol–water partition coefficient (Wildman–Crippen LogP) is 3.95. The van der Waals surface area contributed by atoms with E-state index in [-0.39, 0.29) is 17.7 Å². The quantitative estimate of drug-likeness (QED) is 0.477. The number of halogens is 2. The van der Waals surface area contributed by atoms with Crippen LogP contribution in [0.1, 0.15) is 32.3 Å². The number of hydrogen-bond donors (Lipinski definition) is 2. The van der Waals surface area contributed by atoms with Gasteiger partial charge in [-0.2, -0.15) is 0 Å². The number of carbonyl (C=O) groups excluding carboxylic acids is 2. The van der Waals surface area contributed by atoms with Gasteiger partial charge in [-0.15, -0.1) is 11.8 Å². The molecule has 0 saturated carbocycles. The largest absolute Gasteiger partial charge is 0.480 e. The van der Waals surface area contributed by atoms with Crippen LogP contribution < -0.4 is 5.32 Å². The Morgan fingerprint density at radius 3 is 2.52 bits per heavy atom. The first-order chi connectivity index (χ1) is 13.7. The topological polar surface area (TPSA) is 86.7 Å². The van der Waals surface area contributed by atoms with Crippen molar-refractivity contribution in [2.75, 3.05) is 18.8 Å². The Bertz CT molecular complexity index is 808. The highest BCUT2D eigenvalue weighted by molar-refractivity contribution is 7.99. The van der Waals surface area contributed by atoms with Gasteiger partial charge in [0.05, 0.1) is 10.0 Å². The van der Waals surface area contributed by atoms with Gasteiger partial charge in [0, 0.05) is 30.0 Å². The van der Waals surface area contributed by atoms with Gasteiger partial charge in [0.2, 0.25) is 11.8 Å². The summed E-state index contributed by atoms with van der Waals surface area (Å²) in [4.78, 5) is 38.0. The summed E-state index contributed by atoms with van der Waals surface area (Å²) >= 11 is 14.2. The fourth-order valence-corrected chi connectivity index (χ4v) is 4.29. The Morgan fingerprint density at radius 2 is 1.93 bits per heavy atom. The molecular weight excluding hydrogens is 435 g/mol. The zero-order chi connectivity index (χ0) is 21.6. The maximum atomic E-state index is 12.5. The average Bonchev–Trinajstić information content (AvgIpc) is 2.70. The van der Waals surface area contributed by atoms with Crippen LogP contribution >= 0.6 is 35.0 Å². The molecule has 1 heterocycles. The molecule has 1 aromatic rings. The molecule has 1 atom stereocenters. The number of aliphatic carboxylic acids is 1. The summed E-state index contributed by atoms with van der Waals surface area (Å²) < 4.78 is 0. The van der Waals surface area contributed by atoms with Crippen LogP contribution in [0.2, 0.25) is 10.0 Å². The molecule has 158 valence electrons. The first-order valence-corrected chi connectivity index (χ1v) is 11.1. The van der Waals surface area contributed by atoms with E-state index in [2.05, 4.69) is 5.32 Å². The molecular formula is C20H24Cl2N2O4S. The minimum Gasteiger partial charge on any atom is -0.480 e. The molecule has 0 aliphatic carbocycles. The van der Waals surface area contributed by atoms with E-state index in [1.165, 1.54) is 13.0 Å². The molecule has 0 bridgehead atoms. The highest BCUT2D eigenvalue weighted by atomic mass is 35.5. The number of hydrogen-bond acceptors (Lipinski definition) is 4. The van der Waals surface area contributed by atoms with Gasteiger partial charge in [0.15, 0.2) is 0 Å². The van der Waals surface area contributed by atoms with Crippen LogP contribution in [0.3, 0.4) is 0 Å². The molecule has 2 rings (SSSR count). The molecule has 1 aliphatic heterocycles. The molecule has 1 fully saturated rings. The SMILES string of the molecule is CCSc1ccc(C=CC(=O)N2CCC(C(=O)NC(C)C(=O)O)CC2)c(Cl)c1Cl. The smallest absolute Gasteiger partial charge is 0.325 e. The molecule has 0 radical (unpaired) electrons. The monoisotopic (exact) mass is 458 g/mol. The Morgan fingerprint density at radius 1 is 1.28 bits per heavy atom. The lowest BCUT2D eigenvalue weighted by molar-refractivity contribution is -0.142. The number of nitrogens with zero attached hydrogens (tertiary/aromatic N) is 1. The number of carboxylic acids is 1. The second kappa shape index (κ2) is 10.9. The molecule has 1 unspecified atom stereocenters. The van der Waals surface area contributed by atoms with Crippen molar-refractivity contribution in [3.05, 3.63) is 33.8 Å². The van der Waals surface area contributed by atoms with Crippen molar-refractivity contribution in [3.8, 4) is 0 Å². The third kappa shape index (κ3) is 6.39. The molecule has 29 heavy (non-hydrogen) atoms. The highest BCUT2D eigenvalue weighted by Crippen LogP contribution is 2.35. The maximum absolute atomic E-state index is 12.5. The van der Waals surface area contributed by atoms with Crippen LogP contribution in [-0.4, -0.2) is 52.7 Å². The summed E-state index contributed by atoms with van der Waals surface area (Å²) in [5, 5.41) is 12.3. The van der Waals surface area contributed by atoms with E-state index in [0.717, 1.165) is 10.6 Å². The van der Waals surface area contributed by atoms with Gasteiger partial charge in [0.25, 0.3) is 0 Å². The zero-order valence-corrected chi connectivity index (χ0v) is 18.6. The van der Waals surface area contributed by atoms with Crippen LogP contribution in [0.4, 0.5) is 0 Å². The van der Waals surface area contributed by atoms with Crippen LogP contribution in [0, 0.1) is 5.92 Å². The number of carboxylic acid groups (broad SMARTS) is 1. The first-order valence-electron chi connectivity index (χ1n) is 9.35. The van der Waals surface area contributed by atoms with Crippen LogP contribution in [-0.2, 0) is 14.4 Å². The van der Waals surface area contributed by atoms with Crippen molar-refractivity contribution < 1.29 is 19.5 Å². The average molecular weight is 459 g/mol. The number of rotatable bonds is 7.